The van der Waals surface area contributed by atoms with Crippen LogP contribution in [-0.2, 0) is 10.2 Å². The summed E-state index contributed by atoms with van der Waals surface area (Å²) < 4.78 is 28.6. The van der Waals surface area contributed by atoms with E-state index in [9.17, 15) is 8.42 Å². The van der Waals surface area contributed by atoms with Crippen molar-refractivity contribution in [3.63, 3.8) is 0 Å². The van der Waals surface area contributed by atoms with Gasteiger partial charge in [0, 0.05) is 26.2 Å². The summed E-state index contributed by atoms with van der Waals surface area (Å²) in [7, 11) is -3.23. The highest BCUT2D eigenvalue weighted by Crippen LogP contribution is 2.26. The summed E-state index contributed by atoms with van der Waals surface area (Å²) in [5, 5.41) is 0. The van der Waals surface area contributed by atoms with Gasteiger partial charge in [-0.25, -0.2) is 0 Å². The lowest BCUT2D eigenvalue weighted by molar-refractivity contribution is 0.224. The summed E-state index contributed by atoms with van der Waals surface area (Å²) in [4.78, 5) is 0. The van der Waals surface area contributed by atoms with Gasteiger partial charge in [0.05, 0.1) is 0 Å². The predicted molar refractivity (Wildman–Crippen MR) is 81.5 cm³/mol. The Balaban J connectivity index is 1.88. The van der Waals surface area contributed by atoms with Gasteiger partial charge < -0.3 is 5.73 Å². The van der Waals surface area contributed by atoms with Crippen LogP contribution in [0.1, 0.15) is 45.4 Å². The van der Waals surface area contributed by atoms with Gasteiger partial charge in [-0.2, -0.15) is 17.0 Å². The first-order valence-electron chi connectivity index (χ1n) is 8.03. The van der Waals surface area contributed by atoms with Crippen molar-refractivity contribution in [2.75, 3.05) is 32.7 Å². The number of nitrogens with two attached hydrogens (primary N) is 1. The van der Waals surface area contributed by atoms with Crippen LogP contribution in [0.5, 0.6) is 0 Å². The molecule has 0 aliphatic carbocycles. The van der Waals surface area contributed by atoms with E-state index in [-0.39, 0.29) is 0 Å². The molecular formula is C14H29N3O2S. The topological polar surface area (TPSA) is 66.6 Å². The summed E-state index contributed by atoms with van der Waals surface area (Å²) in [5.74, 6) is 1.21. The summed E-state index contributed by atoms with van der Waals surface area (Å²) >= 11 is 0. The van der Waals surface area contributed by atoms with Crippen LogP contribution in [0.25, 0.3) is 0 Å². The lowest BCUT2D eigenvalue weighted by atomic mass is 9.94. The van der Waals surface area contributed by atoms with Crippen molar-refractivity contribution in [3.8, 4) is 0 Å². The number of hydrogen-bond acceptors (Lipinski definition) is 3. The van der Waals surface area contributed by atoms with E-state index < -0.39 is 10.2 Å². The fourth-order valence-electron chi connectivity index (χ4n) is 3.38. The first-order chi connectivity index (χ1) is 9.57. The predicted octanol–water partition coefficient (Wildman–Crippen LogP) is 1.41. The Morgan fingerprint density at radius 1 is 0.950 bits per heavy atom. The molecule has 0 atom stereocenters. The van der Waals surface area contributed by atoms with Crippen LogP contribution < -0.4 is 5.73 Å². The van der Waals surface area contributed by atoms with Gasteiger partial charge in [-0.1, -0.05) is 19.8 Å². The maximum Gasteiger partial charge on any atom is 0.281 e. The van der Waals surface area contributed by atoms with Crippen molar-refractivity contribution in [2.24, 2.45) is 17.6 Å². The lowest BCUT2D eigenvalue weighted by Crippen LogP contribution is -2.50. The van der Waals surface area contributed by atoms with E-state index in [2.05, 4.69) is 6.92 Å². The number of hydrogen-bond donors (Lipinski definition) is 1. The van der Waals surface area contributed by atoms with Crippen LogP contribution in [0, 0.1) is 11.8 Å². The van der Waals surface area contributed by atoms with Crippen LogP contribution in [0.3, 0.4) is 0 Å². The second-order valence-corrected chi connectivity index (χ2v) is 8.15. The van der Waals surface area contributed by atoms with Crippen molar-refractivity contribution in [3.05, 3.63) is 0 Å². The van der Waals surface area contributed by atoms with Gasteiger partial charge in [0.2, 0.25) is 0 Å². The van der Waals surface area contributed by atoms with Crippen molar-refractivity contribution >= 4 is 10.2 Å². The third-order valence-corrected chi connectivity index (χ3v) is 6.87. The highest BCUT2D eigenvalue weighted by Gasteiger charge is 2.34. The smallest absolute Gasteiger partial charge is 0.281 e. The van der Waals surface area contributed by atoms with Crippen LogP contribution in [0.4, 0.5) is 0 Å². The van der Waals surface area contributed by atoms with Crippen LogP contribution in [-0.4, -0.2) is 49.8 Å². The van der Waals surface area contributed by atoms with E-state index in [1.54, 1.807) is 8.61 Å². The molecule has 2 aliphatic rings. The maximum atomic E-state index is 12.6. The summed E-state index contributed by atoms with van der Waals surface area (Å²) in [5.41, 5.74) is 5.67. The average Bonchev–Trinajstić information content (AvgIpc) is 2.48. The Kier molecular flexibility index (Phi) is 5.84. The number of rotatable bonds is 5. The molecule has 0 bridgehead atoms. The van der Waals surface area contributed by atoms with Gasteiger partial charge in [-0.3, -0.25) is 0 Å². The van der Waals surface area contributed by atoms with Crippen molar-refractivity contribution < 1.29 is 8.42 Å². The zero-order valence-corrected chi connectivity index (χ0v) is 13.4. The molecule has 118 valence electrons. The molecule has 2 N–H and O–H groups in total. The molecule has 0 amide bonds. The molecule has 0 unspecified atom stereocenters. The quantitative estimate of drug-likeness (QED) is 0.835. The van der Waals surface area contributed by atoms with Crippen LogP contribution >= 0.6 is 0 Å². The summed E-state index contributed by atoms with van der Waals surface area (Å²) in [6, 6.07) is 0. The third-order valence-electron chi connectivity index (χ3n) is 4.83. The molecule has 5 nitrogen and oxygen atoms in total. The normalized spacial score (nSPS) is 25.1. The first kappa shape index (κ1) is 16.2. The standard InChI is InChI=1S/C14H29N3O2S/c1-2-3-13-4-8-16(9-5-13)20(18,19)17-10-6-14(12-15)7-11-17/h13-14H,2-12,15H2,1H3. The van der Waals surface area contributed by atoms with E-state index in [4.69, 9.17) is 5.73 Å². The Morgan fingerprint density at radius 2 is 1.40 bits per heavy atom. The molecule has 0 saturated carbocycles. The van der Waals surface area contributed by atoms with Gasteiger partial charge in [-0.15, -0.1) is 0 Å². The monoisotopic (exact) mass is 303 g/mol. The third kappa shape index (κ3) is 3.72. The molecule has 0 radical (unpaired) electrons. The van der Waals surface area contributed by atoms with Crippen LogP contribution in [0.15, 0.2) is 0 Å². The van der Waals surface area contributed by atoms with Gasteiger partial charge in [0.25, 0.3) is 10.2 Å². The molecule has 20 heavy (non-hydrogen) atoms. The van der Waals surface area contributed by atoms with Crippen molar-refractivity contribution in [1.82, 2.24) is 8.61 Å². The largest absolute Gasteiger partial charge is 0.330 e. The average molecular weight is 303 g/mol. The molecule has 0 spiro atoms. The van der Waals surface area contributed by atoms with Gasteiger partial charge in [0.1, 0.15) is 0 Å². The molecule has 0 aromatic heterocycles. The SMILES string of the molecule is CCCC1CCN(S(=O)(=O)N2CCC(CN)CC2)CC1. The minimum atomic E-state index is -3.23. The van der Waals surface area contributed by atoms with Gasteiger partial charge >= 0.3 is 0 Å². The zero-order chi connectivity index (χ0) is 14.6. The first-order valence-corrected chi connectivity index (χ1v) is 9.43. The number of nitrogens with zero attached hydrogens (tertiary/aromatic N) is 2. The van der Waals surface area contributed by atoms with E-state index in [0.29, 0.717) is 38.6 Å². The Morgan fingerprint density at radius 3 is 1.80 bits per heavy atom. The van der Waals surface area contributed by atoms with Gasteiger partial charge in [-0.05, 0) is 44.1 Å². The van der Waals surface area contributed by atoms with Crippen molar-refractivity contribution in [1.29, 1.82) is 0 Å². The molecule has 6 heteroatoms. The van der Waals surface area contributed by atoms with Crippen molar-refractivity contribution in [2.45, 2.75) is 45.4 Å². The maximum absolute atomic E-state index is 12.6. The fourth-order valence-corrected chi connectivity index (χ4v) is 5.05. The molecule has 0 aromatic carbocycles. The molecule has 2 fully saturated rings. The number of piperidine rings is 2. The minimum absolute atomic E-state index is 0.497. The van der Waals surface area contributed by atoms with Gasteiger partial charge in [0.15, 0.2) is 0 Å². The highest BCUT2D eigenvalue weighted by molar-refractivity contribution is 7.86. The fraction of sp³-hybridized carbons (Fsp3) is 1.00. The van der Waals surface area contributed by atoms with E-state index >= 15 is 0 Å². The molecule has 0 aromatic rings. The molecular weight excluding hydrogens is 274 g/mol. The molecule has 2 saturated heterocycles. The molecule has 2 aliphatic heterocycles. The van der Waals surface area contributed by atoms with Crippen LogP contribution in [0.2, 0.25) is 0 Å². The van der Waals surface area contributed by atoms with E-state index in [1.807, 2.05) is 0 Å². The summed E-state index contributed by atoms with van der Waals surface area (Å²) in [6.45, 7) is 5.55. The Bertz CT molecular complexity index is 383. The second kappa shape index (κ2) is 7.20. The van der Waals surface area contributed by atoms with E-state index in [0.717, 1.165) is 31.6 Å². The minimum Gasteiger partial charge on any atom is -0.330 e. The molecule has 2 heterocycles. The summed E-state index contributed by atoms with van der Waals surface area (Å²) in [6.07, 6.45) is 6.28. The Hall–Kier alpha value is -0.170. The van der Waals surface area contributed by atoms with E-state index in [1.165, 1.54) is 12.8 Å². The second-order valence-electron chi connectivity index (χ2n) is 6.22. The highest BCUT2D eigenvalue weighted by atomic mass is 32.2. The zero-order valence-electron chi connectivity index (χ0n) is 12.6. The lowest BCUT2D eigenvalue weighted by Gasteiger charge is -2.37. The molecule has 2 rings (SSSR count). The Labute approximate surface area is 123 Å².